The van der Waals surface area contributed by atoms with E-state index in [0.717, 1.165) is 16.9 Å². The Morgan fingerprint density at radius 3 is 2.48 bits per heavy atom. The highest BCUT2D eigenvalue weighted by Gasteiger charge is 2.21. The van der Waals surface area contributed by atoms with Gasteiger partial charge in [0.15, 0.2) is 0 Å². The third-order valence-electron chi connectivity index (χ3n) is 3.50. The van der Waals surface area contributed by atoms with Crippen molar-refractivity contribution >= 4 is 11.9 Å². The average molecular weight is 315 g/mol. The highest BCUT2D eigenvalue weighted by atomic mass is 16.5. The number of benzene rings is 1. The number of nitrogens with one attached hydrogen (secondary N) is 1. The minimum atomic E-state index is -0.490. The van der Waals surface area contributed by atoms with Gasteiger partial charge in [-0.3, -0.25) is 9.59 Å². The molecule has 122 valence electrons. The maximum absolute atomic E-state index is 12.3. The molecule has 0 fully saturated rings. The van der Waals surface area contributed by atoms with Crippen molar-refractivity contribution in [3.05, 3.63) is 47.3 Å². The number of rotatable bonds is 5. The molecule has 1 aromatic heterocycles. The highest BCUT2D eigenvalue weighted by Crippen LogP contribution is 2.23. The maximum Gasteiger partial charge on any atom is 0.325 e. The molecular formula is C17H21N3O3. The number of carbonyl (C=O) groups is 2. The molecule has 0 aliphatic heterocycles. The van der Waals surface area contributed by atoms with Gasteiger partial charge in [0, 0.05) is 0 Å². The van der Waals surface area contributed by atoms with Crippen LogP contribution in [-0.4, -0.2) is 35.3 Å². The SMILES string of the molecule is COC(=O)CNC(=O)c1cnn(-c2ccc(C)cc2)c1C(C)C. The number of ether oxygens (including phenoxy) is 1. The first-order chi connectivity index (χ1) is 10.9. The van der Waals surface area contributed by atoms with Gasteiger partial charge in [-0.1, -0.05) is 31.5 Å². The summed E-state index contributed by atoms with van der Waals surface area (Å²) in [6.07, 6.45) is 1.53. The van der Waals surface area contributed by atoms with Crippen LogP contribution in [0.1, 0.15) is 41.4 Å². The van der Waals surface area contributed by atoms with Crippen LogP contribution in [0.15, 0.2) is 30.5 Å². The van der Waals surface area contributed by atoms with Crippen LogP contribution in [0.3, 0.4) is 0 Å². The van der Waals surface area contributed by atoms with Crippen LogP contribution < -0.4 is 5.32 Å². The second kappa shape index (κ2) is 7.09. The fourth-order valence-electron chi connectivity index (χ4n) is 2.30. The topological polar surface area (TPSA) is 73.2 Å². The number of hydrogen-bond acceptors (Lipinski definition) is 4. The largest absolute Gasteiger partial charge is 0.468 e. The van der Waals surface area contributed by atoms with Gasteiger partial charge in [-0.2, -0.15) is 5.10 Å². The van der Waals surface area contributed by atoms with Gasteiger partial charge in [-0.05, 0) is 25.0 Å². The summed E-state index contributed by atoms with van der Waals surface area (Å²) in [5.41, 5.74) is 3.31. The molecule has 23 heavy (non-hydrogen) atoms. The Morgan fingerprint density at radius 1 is 1.26 bits per heavy atom. The second-order valence-electron chi connectivity index (χ2n) is 5.60. The lowest BCUT2D eigenvalue weighted by Crippen LogP contribution is -2.30. The van der Waals surface area contributed by atoms with Crippen molar-refractivity contribution in [2.45, 2.75) is 26.7 Å². The van der Waals surface area contributed by atoms with E-state index in [1.165, 1.54) is 13.3 Å². The quantitative estimate of drug-likeness (QED) is 0.859. The Kier molecular flexibility index (Phi) is 5.16. The van der Waals surface area contributed by atoms with Crippen LogP contribution >= 0.6 is 0 Å². The van der Waals surface area contributed by atoms with E-state index in [4.69, 9.17) is 0 Å². The zero-order chi connectivity index (χ0) is 17.0. The normalized spacial score (nSPS) is 10.7. The van der Waals surface area contributed by atoms with Crippen molar-refractivity contribution in [3.63, 3.8) is 0 Å². The molecular weight excluding hydrogens is 294 g/mol. The summed E-state index contributed by atoms with van der Waals surface area (Å²) in [5, 5.41) is 6.90. The summed E-state index contributed by atoms with van der Waals surface area (Å²) in [6, 6.07) is 7.92. The van der Waals surface area contributed by atoms with Gasteiger partial charge < -0.3 is 10.1 Å². The Morgan fingerprint density at radius 2 is 1.91 bits per heavy atom. The molecule has 0 bridgehead atoms. The fourth-order valence-corrected chi connectivity index (χ4v) is 2.30. The molecule has 6 nitrogen and oxygen atoms in total. The molecule has 0 radical (unpaired) electrons. The van der Waals surface area contributed by atoms with Crippen molar-refractivity contribution in [1.29, 1.82) is 0 Å². The first-order valence-corrected chi connectivity index (χ1v) is 7.44. The Hall–Kier alpha value is -2.63. The van der Waals surface area contributed by atoms with Gasteiger partial charge in [0.05, 0.1) is 30.3 Å². The summed E-state index contributed by atoms with van der Waals surface area (Å²) in [5.74, 6) is -0.731. The molecule has 0 saturated carbocycles. The minimum Gasteiger partial charge on any atom is -0.468 e. The molecule has 2 aromatic rings. The van der Waals surface area contributed by atoms with Gasteiger partial charge in [-0.15, -0.1) is 0 Å². The van der Waals surface area contributed by atoms with E-state index in [0.29, 0.717) is 5.56 Å². The number of hydrogen-bond donors (Lipinski definition) is 1. The molecule has 2 rings (SSSR count). The monoisotopic (exact) mass is 315 g/mol. The third-order valence-corrected chi connectivity index (χ3v) is 3.50. The van der Waals surface area contributed by atoms with Gasteiger partial charge in [-0.25, -0.2) is 4.68 Å². The molecule has 0 saturated heterocycles. The Balaban J connectivity index is 2.33. The number of methoxy groups -OCH3 is 1. The van der Waals surface area contributed by atoms with Crippen molar-refractivity contribution in [2.75, 3.05) is 13.7 Å². The smallest absolute Gasteiger partial charge is 0.325 e. The van der Waals surface area contributed by atoms with Crippen LogP contribution in [0, 0.1) is 6.92 Å². The average Bonchev–Trinajstić information content (AvgIpc) is 2.98. The van der Waals surface area contributed by atoms with Gasteiger partial charge in [0.25, 0.3) is 5.91 Å². The second-order valence-corrected chi connectivity index (χ2v) is 5.60. The van der Waals surface area contributed by atoms with Crippen molar-refractivity contribution in [1.82, 2.24) is 15.1 Å². The van der Waals surface area contributed by atoms with Gasteiger partial charge >= 0.3 is 5.97 Å². The summed E-state index contributed by atoms with van der Waals surface area (Å²) in [6.45, 7) is 5.85. The third kappa shape index (κ3) is 3.77. The number of aromatic nitrogens is 2. The van der Waals surface area contributed by atoms with E-state index >= 15 is 0 Å². The summed E-state index contributed by atoms with van der Waals surface area (Å²) >= 11 is 0. The number of aryl methyl sites for hydroxylation is 1. The van der Waals surface area contributed by atoms with Crippen molar-refractivity contribution < 1.29 is 14.3 Å². The molecule has 1 N–H and O–H groups in total. The molecule has 1 amide bonds. The van der Waals surface area contributed by atoms with Crippen molar-refractivity contribution in [3.8, 4) is 5.69 Å². The number of nitrogens with zero attached hydrogens (tertiary/aromatic N) is 2. The number of carbonyl (C=O) groups excluding carboxylic acids is 2. The first kappa shape index (κ1) is 16.7. The lowest BCUT2D eigenvalue weighted by Gasteiger charge is -2.13. The Bertz CT molecular complexity index is 702. The molecule has 0 spiro atoms. The van der Waals surface area contributed by atoms with Crippen LogP contribution in [0.4, 0.5) is 0 Å². The van der Waals surface area contributed by atoms with Crippen molar-refractivity contribution in [2.24, 2.45) is 0 Å². The molecule has 0 aliphatic carbocycles. The molecule has 0 unspecified atom stereocenters. The van der Waals surface area contributed by atoms with Crippen LogP contribution in [0.2, 0.25) is 0 Å². The first-order valence-electron chi connectivity index (χ1n) is 7.44. The van der Waals surface area contributed by atoms with Gasteiger partial charge in [0.2, 0.25) is 0 Å². The molecule has 1 aromatic carbocycles. The number of esters is 1. The highest BCUT2D eigenvalue weighted by molar-refractivity contribution is 5.97. The minimum absolute atomic E-state index is 0.0951. The predicted molar refractivity (Wildman–Crippen MR) is 86.7 cm³/mol. The van der Waals surface area contributed by atoms with Gasteiger partial charge in [0.1, 0.15) is 6.54 Å². The number of amides is 1. The lowest BCUT2D eigenvalue weighted by molar-refractivity contribution is -0.139. The van der Waals surface area contributed by atoms with E-state index in [9.17, 15) is 9.59 Å². The van der Waals surface area contributed by atoms with E-state index in [1.54, 1.807) is 4.68 Å². The van der Waals surface area contributed by atoms with E-state index in [1.807, 2.05) is 45.0 Å². The zero-order valence-corrected chi connectivity index (χ0v) is 13.8. The van der Waals surface area contributed by atoms with E-state index in [-0.39, 0.29) is 18.4 Å². The molecule has 1 heterocycles. The summed E-state index contributed by atoms with van der Waals surface area (Å²) in [7, 11) is 1.28. The van der Waals surface area contributed by atoms with Crippen LogP contribution in [-0.2, 0) is 9.53 Å². The molecule has 6 heteroatoms. The predicted octanol–water partition coefficient (Wildman–Crippen LogP) is 2.21. The summed E-state index contributed by atoms with van der Waals surface area (Å²) in [4.78, 5) is 23.5. The van der Waals surface area contributed by atoms with E-state index in [2.05, 4.69) is 15.2 Å². The lowest BCUT2D eigenvalue weighted by atomic mass is 10.0. The molecule has 0 aliphatic rings. The standard InChI is InChI=1S/C17H21N3O3/c1-11(2)16-14(17(22)18-10-15(21)23-4)9-19-20(16)13-7-5-12(3)6-8-13/h5-9,11H,10H2,1-4H3,(H,18,22). The zero-order valence-electron chi connectivity index (χ0n) is 13.8. The molecule has 0 atom stereocenters. The van der Waals surface area contributed by atoms with Crippen LogP contribution in [0.25, 0.3) is 5.69 Å². The fraction of sp³-hybridized carbons (Fsp3) is 0.353. The summed E-state index contributed by atoms with van der Waals surface area (Å²) < 4.78 is 6.29. The Labute approximate surface area is 135 Å². The maximum atomic E-state index is 12.3. The van der Waals surface area contributed by atoms with Crippen LogP contribution in [0.5, 0.6) is 0 Å². The van der Waals surface area contributed by atoms with E-state index < -0.39 is 5.97 Å².